The molecule has 0 saturated heterocycles. The van der Waals surface area contributed by atoms with Gasteiger partial charge in [-0.25, -0.2) is 0 Å². The van der Waals surface area contributed by atoms with Gasteiger partial charge in [0.1, 0.15) is 0 Å². The molecule has 1 aliphatic carbocycles. The van der Waals surface area contributed by atoms with Crippen molar-refractivity contribution in [2.75, 3.05) is 0 Å². The highest BCUT2D eigenvalue weighted by molar-refractivity contribution is 6.11. The molecule has 0 heteroatoms. The van der Waals surface area contributed by atoms with Crippen LogP contribution < -0.4 is 0 Å². The molecule has 92 valence electrons. The number of fused-ring (bicyclic) bond motifs is 6. The molecule has 0 nitrogen and oxygen atoms in total. The summed E-state index contributed by atoms with van der Waals surface area (Å²) in [5.74, 6) is 0. The standard InChI is InChI=1S/C19H16/c1-13-10-11-18-16-8-3-2-6-14(16)15-7-4-5-9-17(15)19(18)12-13/h2-10H,11-12H2,1H3. The Labute approximate surface area is 113 Å². The maximum absolute atomic E-state index is 2.38. The van der Waals surface area contributed by atoms with Crippen LogP contribution >= 0.6 is 0 Å². The Balaban J connectivity index is 2.24. The number of hydrogen-bond acceptors (Lipinski definition) is 0. The van der Waals surface area contributed by atoms with Crippen LogP contribution in [0.25, 0.3) is 21.5 Å². The van der Waals surface area contributed by atoms with Crippen LogP contribution in [0.15, 0.2) is 60.2 Å². The molecule has 0 aromatic heterocycles. The van der Waals surface area contributed by atoms with Gasteiger partial charge in [-0.05, 0) is 52.4 Å². The molecule has 0 amide bonds. The summed E-state index contributed by atoms with van der Waals surface area (Å²) in [6.07, 6.45) is 4.55. The van der Waals surface area contributed by atoms with E-state index in [4.69, 9.17) is 0 Å². The van der Waals surface area contributed by atoms with Gasteiger partial charge in [0.15, 0.2) is 0 Å². The number of benzene rings is 3. The zero-order valence-corrected chi connectivity index (χ0v) is 11.1. The van der Waals surface area contributed by atoms with Crippen LogP contribution in [0.5, 0.6) is 0 Å². The zero-order chi connectivity index (χ0) is 12.8. The van der Waals surface area contributed by atoms with Gasteiger partial charge in [-0.2, -0.15) is 0 Å². The monoisotopic (exact) mass is 244 g/mol. The molecule has 0 aliphatic heterocycles. The van der Waals surface area contributed by atoms with E-state index >= 15 is 0 Å². The first-order valence-corrected chi connectivity index (χ1v) is 6.91. The van der Waals surface area contributed by atoms with Gasteiger partial charge in [0, 0.05) is 0 Å². The molecule has 4 rings (SSSR count). The minimum atomic E-state index is 1.08. The Morgan fingerprint density at radius 1 is 0.684 bits per heavy atom. The van der Waals surface area contributed by atoms with Crippen molar-refractivity contribution in [1.82, 2.24) is 0 Å². The maximum atomic E-state index is 2.38. The Bertz CT molecular complexity index is 822. The molecule has 0 bridgehead atoms. The molecule has 0 saturated carbocycles. The first-order chi connectivity index (χ1) is 9.34. The van der Waals surface area contributed by atoms with Crippen molar-refractivity contribution in [2.45, 2.75) is 19.8 Å². The fourth-order valence-electron chi connectivity index (χ4n) is 3.35. The van der Waals surface area contributed by atoms with E-state index in [9.17, 15) is 0 Å². The van der Waals surface area contributed by atoms with Gasteiger partial charge in [-0.3, -0.25) is 0 Å². The van der Waals surface area contributed by atoms with Crippen LogP contribution in [-0.2, 0) is 12.8 Å². The van der Waals surface area contributed by atoms with E-state index in [0.717, 1.165) is 12.8 Å². The van der Waals surface area contributed by atoms with Crippen molar-refractivity contribution >= 4 is 21.5 Å². The lowest BCUT2D eigenvalue weighted by atomic mass is 9.84. The van der Waals surface area contributed by atoms with Crippen LogP contribution in [0.4, 0.5) is 0 Å². The third-order valence-corrected chi connectivity index (χ3v) is 4.27. The van der Waals surface area contributed by atoms with Gasteiger partial charge in [-0.15, -0.1) is 0 Å². The lowest BCUT2D eigenvalue weighted by Gasteiger charge is -2.20. The van der Waals surface area contributed by atoms with Crippen molar-refractivity contribution in [1.29, 1.82) is 0 Å². The van der Waals surface area contributed by atoms with E-state index in [-0.39, 0.29) is 0 Å². The van der Waals surface area contributed by atoms with Gasteiger partial charge < -0.3 is 0 Å². The highest BCUT2D eigenvalue weighted by Crippen LogP contribution is 2.36. The predicted molar refractivity (Wildman–Crippen MR) is 82.6 cm³/mol. The Kier molecular flexibility index (Phi) is 2.25. The number of allylic oxidation sites excluding steroid dienone is 2. The second kappa shape index (κ2) is 3.96. The summed E-state index contributed by atoms with van der Waals surface area (Å²) < 4.78 is 0. The molecule has 0 radical (unpaired) electrons. The molecule has 0 unspecified atom stereocenters. The van der Waals surface area contributed by atoms with Crippen LogP contribution in [0.3, 0.4) is 0 Å². The lowest BCUT2D eigenvalue weighted by molar-refractivity contribution is 1.04. The second-order valence-corrected chi connectivity index (χ2v) is 5.48. The second-order valence-electron chi connectivity index (χ2n) is 5.48. The van der Waals surface area contributed by atoms with Gasteiger partial charge in [-0.1, -0.05) is 60.2 Å². The van der Waals surface area contributed by atoms with E-state index in [0.29, 0.717) is 0 Å². The quantitative estimate of drug-likeness (QED) is 0.384. The smallest absolute Gasteiger partial charge is 0.00605 e. The van der Waals surface area contributed by atoms with Gasteiger partial charge >= 0.3 is 0 Å². The van der Waals surface area contributed by atoms with Crippen LogP contribution in [-0.4, -0.2) is 0 Å². The van der Waals surface area contributed by atoms with Crippen LogP contribution in [0, 0.1) is 0 Å². The number of hydrogen-bond donors (Lipinski definition) is 0. The molecule has 0 heterocycles. The summed E-state index contributed by atoms with van der Waals surface area (Å²) in [5.41, 5.74) is 4.56. The fourth-order valence-corrected chi connectivity index (χ4v) is 3.35. The minimum Gasteiger partial charge on any atom is -0.0808 e. The molecule has 0 atom stereocenters. The van der Waals surface area contributed by atoms with E-state index in [1.165, 1.54) is 38.2 Å². The molecule has 1 aliphatic rings. The van der Waals surface area contributed by atoms with Crippen molar-refractivity contribution in [2.24, 2.45) is 0 Å². The van der Waals surface area contributed by atoms with Crippen LogP contribution in [0.2, 0.25) is 0 Å². The largest absolute Gasteiger partial charge is 0.0808 e. The molecule has 3 aromatic rings. The normalized spacial score (nSPS) is 14.5. The summed E-state index contributed by atoms with van der Waals surface area (Å²) in [7, 11) is 0. The SMILES string of the molecule is CC1=CCc2c(c3ccccc3c3ccccc23)C1. The van der Waals surface area contributed by atoms with E-state index in [2.05, 4.69) is 61.5 Å². The molecule has 19 heavy (non-hydrogen) atoms. The summed E-state index contributed by atoms with van der Waals surface area (Å²) in [6.45, 7) is 2.24. The highest BCUT2D eigenvalue weighted by atomic mass is 14.2. The van der Waals surface area contributed by atoms with E-state index < -0.39 is 0 Å². The number of rotatable bonds is 0. The lowest BCUT2D eigenvalue weighted by Crippen LogP contribution is -2.03. The molecule has 0 fully saturated rings. The first-order valence-electron chi connectivity index (χ1n) is 6.91. The minimum absolute atomic E-state index is 1.08. The Morgan fingerprint density at radius 2 is 1.21 bits per heavy atom. The summed E-state index contributed by atoms with van der Waals surface area (Å²) >= 11 is 0. The van der Waals surface area contributed by atoms with Crippen molar-refractivity contribution < 1.29 is 0 Å². The van der Waals surface area contributed by atoms with E-state index in [1.807, 2.05) is 0 Å². The predicted octanol–water partition coefficient (Wildman–Crippen LogP) is 5.04. The Morgan fingerprint density at radius 3 is 1.84 bits per heavy atom. The fraction of sp³-hybridized carbons (Fsp3) is 0.158. The van der Waals surface area contributed by atoms with E-state index in [1.54, 1.807) is 0 Å². The van der Waals surface area contributed by atoms with Crippen molar-refractivity contribution in [3.63, 3.8) is 0 Å². The molecule has 0 spiro atoms. The third kappa shape index (κ3) is 1.53. The topological polar surface area (TPSA) is 0 Å². The average molecular weight is 244 g/mol. The van der Waals surface area contributed by atoms with Crippen molar-refractivity contribution in [3.05, 3.63) is 71.3 Å². The Hall–Kier alpha value is -2.08. The van der Waals surface area contributed by atoms with Crippen LogP contribution in [0.1, 0.15) is 18.1 Å². The third-order valence-electron chi connectivity index (χ3n) is 4.27. The molecular weight excluding hydrogens is 228 g/mol. The molecule has 0 N–H and O–H groups in total. The van der Waals surface area contributed by atoms with Gasteiger partial charge in [0.05, 0.1) is 0 Å². The van der Waals surface area contributed by atoms with Gasteiger partial charge in [0.25, 0.3) is 0 Å². The first kappa shape index (κ1) is 10.8. The summed E-state index contributed by atoms with van der Waals surface area (Å²) in [5, 5.41) is 5.65. The van der Waals surface area contributed by atoms with Crippen molar-refractivity contribution in [3.8, 4) is 0 Å². The molecular formula is C19H16. The average Bonchev–Trinajstić information content (AvgIpc) is 2.47. The van der Waals surface area contributed by atoms with Gasteiger partial charge in [0.2, 0.25) is 0 Å². The highest BCUT2D eigenvalue weighted by Gasteiger charge is 2.16. The zero-order valence-electron chi connectivity index (χ0n) is 11.1. The summed E-state index contributed by atoms with van der Waals surface area (Å²) in [6, 6.07) is 17.7. The maximum Gasteiger partial charge on any atom is -0.00605 e. The summed E-state index contributed by atoms with van der Waals surface area (Å²) in [4.78, 5) is 0. The molecule has 3 aromatic carbocycles.